The van der Waals surface area contributed by atoms with E-state index in [4.69, 9.17) is 5.73 Å². The zero-order valence-corrected chi connectivity index (χ0v) is 12.3. The van der Waals surface area contributed by atoms with Gasteiger partial charge in [-0.25, -0.2) is 0 Å². The lowest BCUT2D eigenvalue weighted by atomic mass is 10.00. The molecule has 2 aromatic carbocycles. The lowest BCUT2D eigenvalue weighted by Gasteiger charge is -2.30. The number of rotatable bonds is 2. The second kappa shape index (κ2) is 5.60. The number of amides is 1. The van der Waals surface area contributed by atoms with E-state index in [9.17, 15) is 4.79 Å². The molecule has 0 aliphatic carbocycles. The van der Waals surface area contributed by atoms with Gasteiger partial charge in [0, 0.05) is 23.5 Å². The molecule has 0 saturated heterocycles. The fourth-order valence-corrected chi connectivity index (χ4v) is 2.84. The Bertz CT molecular complexity index is 661. The fourth-order valence-electron chi connectivity index (χ4n) is 2.84. The van der Waals surface area contributed by atoms with Crippen molar-refractivity contribution in [3.05, 3.63) is 59.2 Å². The summed E-state index contributed by atoms with van der Waals surface area (Å²) in [7, 11) is 0. The van der Waals surface area contributed by atoms with Gasteiger partial charge in [0.15, 0.2) is 0 Å². The molecule has 3 rings (SSSR count). The Balaban J connectivity index is 1.93. The third kappa shape index (κ3) is 2.64. The molecule has 0 atom stereocenters. The number of aryl methyl sites for hydroxylation is 2. The molecule has 1 heterocycles. The lowest BCUT2D eigenvalue weighted by Crippen LogP contribution is -2.35. The van der Waals surface area contributed by atoms with Crippen molar-refractivity contribution >= 4 is 17.3 Å². The standard InChI is InChI=1S/C18H20N2O/c1-2-13-5-7-15(8-6-13)18(21)20-11-3-4-14-9-10-16(19)12-17(14)20/h5-10,12H,2-4,11,19H2,1H3. The van der Waals surface area contributed by atoms with E-state index in [2.05, 4.69) is 6.92 Å². The summed E-state index contributed by atoms with van der Waals surface area (Å²) in [5.41, 5.74) is 10.7. The first-order valence-corrected chi connectivity index (χ1v) is 7.48. The van der Waals surface area contributed by atoms with Gasteiger partial charge in [-0.05, 0) is 54.7 Å². The molecule has 3 nitrogen and oxygen atoms in total. The van der Waals surface area contributed by atoms with Gasteiger partial charge in [0.2, 0.25) is 0 Å². The van der Waals surface area contributed by atoms with Crippen LogP contribution in [0.3, 0.4) is 0 Å². The Morgan fingerprint density at radius 1 is 1.19 bits per heavy atom. The summed E-state index contributed by atoms with van der Waals surface area (Å²) in [5, 5.41) is 0. The first-order valence-electron chi connectivity index (χ1n) is 7.48. The normalized spacial score (nSPS) is 13.9. The summed E-state index contributed by atoms with van der Waals surface area (Å²) in [6, 6.07) is 13.7. The predicted molar refractivity (Wildman–Crippen MR) is 86.7 cm³/mol. The predicted octanol–water partition coefficient (Wildman–Crippen LogP) is 3.42. The molecule has 1 aliphatic heterocycles. The van der Waals surface area contributed by atoms with Gasteiger partial charge >= 0.3 is 0 Å². The summed E-state index contributed by atoms with van der Waals surface area (Å²) in [5.74, 6) is 0.0594. The second-order valence-electron chi connectivity index (χ2n) is 5.50. The molecular weight excluding hydrogens is 260 g/mol. The molecule has 0 aromatic heterocycles. The van der Waals surface area contributed by atoms with Gasteiger partial charge in [-0.15, -0.1) is 0 Å². The summed E-state index contributed by atoms with van der Waals surface area (Å²) < 4.78 is 0. The quantitative estimate of drug-likeness (QED) is 0.857. The molecule has 0 spiro atoms. The van der Waals surface area contributed by atoms with Crippen LogP contribution in [0.2, 0.25) is 0 Å². The van der Waals surface area contributed by atoms with E-state index in [1.54, 1.807) is 0 Å². The summed E-state index contributed by atoms with van der Waals surface area (Å²) in [6.45, 7) is 2.87. The first-order chi connectivity index (χ1) is 10.2. The van der Waals surface area contributed by atoms with E-state index < -0.39 is 0 Å². The molecule has 2 aromatic rings. The average Bonchev–Trinajstić information content (AvgIpc) is 2.53. The number of anilines is 2. The highest BCUT2D eigenvalue weighted by Gasteiger charge is 2.23. The van der Waals surface area contributed by atoms with Crippen LogP contribution in [0, 0.1) is 0 Å². The van der Waals surface area contributed by atoms with Gasteiger partial charge in [0.25, 0.3) is 5.91 Å². The van der Waals surface area contributed by atoms with E-state index >= 15 is 0 Å². The molecule has 108 valence electrons. The molecule has 1 aliphatic rings. The minimum absolute atomic E-state index is 0.0594. The summed E-state index contributed by atoms with van der Waals surface area (Å²) >= 11 is 0. The van der Waals surface area contributed by atoms with E-state index in [0.29, 0.717) is 5.69 Å². The number of carbonyl (C=O) groups is 1. The Hall–Kier alpha value is -2.29. The van der Waals surface area contributed by atoms with Crippen LogP contribution in [0.5, 0.6) is 0 Å². The molecule has 0 saturated carbocycles. The zero-order chi connectivity index (χ0) is 14.8. The monoisotopic (exact) mass is 280 g/mol. The van der Waals surface area contributed by atoms with Crippen molar-refractivity contribution in [2.24, 2.45) is 0 Å². The highest BCUT2D eigenvalue weighted by atomic mass is 16.2. The molecule has 21 heavy (non-hydrogen) atoms. The molecule has 1 amide bonds. The molecule has 2 N–H and O–H groups in total. The Labute approximate surface area is 125 Å². The number of hydrogen-bond donors (Lipinski definition) is 1. The number of hydrogen-bond acceptors (Lipinski definition) is 2. The SMILES string of the molecule is CCc1ccc(C(=O)N2CCCc3ccc(N)cc32)cc1. The maximum atomic E-state index is 12.8. The highest BCUT2D eigenvalue weighted by molar-refractivity contribution is 6.07. The van der Waals surface area contributed by atoms with E-state index in [1.165, 1.54) is 11.1 Å². The largest absolute Gasteiger partial charge is 0.399 e. The maximum Gasteiger partial charge on any atom is 0.258 e. The zero-order valence-electron chi connectivity index (χ0n) is 12.3. The van der Waals surface area contributed by atoms with E-state index in [0.717, 1.165) is 37.1 Å². The third-order valence-corrected chi connectivity index (χ3v) is 4.08. The number of nitrogens with two attached hydrogens (primary N) is 1. The number of nitrogen functional groups attached to an aromatic ring is 1. The molecule has 0 bridgehead atoms. The Kier molecular flexibility index (Phi) is 3.65. The van der Waals surface area contributed by atoms with Gasteiger partial charge in [0.05, 0.1) is 0 Å². The van der Waals surface area contributed by atoms with Crippen molar-refractivity contribution in [1.82, 2.24) is 0 Å². The Morgan fingerprint density at radius 3 is 2.67 bits per heavy atom. The number of benzene rings is 2. The van der Waals surface area contributed by atoms with Crippen LogP contribution in [-0.4, -0.2) is 12.5 Å². The van der Waals surface area contributed by atoms with Crippen molar-refractivity contribution in [3.8, 4) is 0 Å². The van der Waals surface area contributed by atoms with Crippen LogP contribution in [0.1, 0.15) is 34.8 Å². The number of nitrogens with zero attached hydrogens (tertiary/aromatic N) is 1. The smallest absolute Gasteiger partial charge is 0.258 e. The topological polar surface area (TPSA) is 46.3 Å². The maximum absolute atomic E-state index is 12.8. The molecule has 3 heteroatoms. The van der Waals surface area contributed by atoms with Gasteiger partial charge in [-0.3, -0.25) is 4.79 Å². The van der Waals surface area contributed by atoms with Crippen LogP contribution in [0.15, 0.2) is 42.5 Å². The third-order valence-electron chi connectivity index (χ3n) is 4.08. The van der Waals surface area contributed by atoms with Crippen molar-refractivity contribution in [1.29, 1.82) is 0 Å². The molecule has 0 radical (unpaired) electrons. The van der Waals surface area contributed by atoms with Gasteiger partial charge in [0.1, 0.15) is 0 Å². The van der Waals surface area contributed by atoms with Crippen LogP contribution < -0.4 is 10.6 Å². The van der Waals surface area contributed by atoms with E-state index in [-0.39, 0.29) is 5.91 Å². The summed E-state index contributed by atoms with van der Waals surface area (Å²) in [4.78, 5) is 14.6. The average molecular weight is 280 g/mol. The first kappa shape index (κ1) is 13.7. The van der Waals surface area contributed by atoms with Gasteiger partial charge < -0.3 is 10.6 Å². The molecular formula is C18H20N2O. The molecule has 0 fully saturated rings. The highest BCUT2D eigenvalue weighted by Crippen LogP contribution is 2.30. The van der Waals surface area contributed by atoms with Crippen molar-refractivity contribution in [2.45, 2.75) is 26.2 Å². The van der Waals surface area contributed by atoms with E-state index in [1.807, 2.05) is 47.4 Å². The van der Waals surface area contributed by atoms with Crippen molar-refractivity contribution < 1.29 is 4.79 Å². The number of fused-ring (bicyclic) bond motifs is 1. The van der Waals surface area contributed by atoms with Gasteiger partial charge in [-0.1, -0.05) is 25.1 Å². The lowest BCUT2D eigenvalue weighted by molar-refractivity contribution is 0.0985. The van der Waals surface area contributed by atoms with Crippen LogP contribution in [0.25, 0.3) is 0 Å². The van der Waals surface area contributed by atoms with Gasteiger partial charge in [-0.2, -0.15) is 0 Å². The van der Waals surface area contributed by atoms with Crippen LogP contribution >= 0.6 is 0 Å². The number of carbonyl (C=O) groups excluding carboxylic acids is 1. The fraction of sp³-hybridized carbons (Fsp3) is 0.278. The summed E-state index contributed by atoms with van der Waals surface area (Å²) in [6.07, 6.45) is 2.99. The van der Waals surface area contributed by atoms with Crippen LogP contribution in [-0.2, 0) is 12.8 Å². The minimum atomic E-state index is 0.0594. The van der Waals surface area contributed by atoms with Crippen molar-refractivity contribution in [2.75, 3.05) is 17.2 Å². The van der Waals surface area contributed by atoms with Crippen molar-refractivity contribution in [3.63, 3.8) is 0 Å². The minimum Gasteiger partial charge on any atom is -0.399 e. The van der Waals surface area contributed by atoms with Crippen LogP contribution in [0.4, 0.5) is 11.4 Å². The second-order valence-corrected chi connectivity index (χ2v) is 5.50. The molecule has 0 unspecified atom stereocenters. The Morgan fingerprint density at radius 2 is 1.95 bits per heavy atom.